The first-order chi connectivity index (χ1) is 9.81. The topological polar surface area (TPSA) is 35.6 Å². The molecular formula is C16H31Cl2N3O. The summed E-state index contributed by atoms with van der Waals surface area (Å²) in [5.41, 5.74) is 0. The fourth-order valence-corrected chi connectivity index (χ4v) is 3.53. The predicted octanol–water partition coefficient (Wildman–Crippen LogP) is 2.16. The highest BCUT2D eigenvalue weighted by atomic mass is 35.5. The molecule has 22 heavy (non-hydrogen) atoms. The minimum atomic E-state index is 0. The van der Waals surface area contributed by atoms with Crippen LogP contribution in [-0.2, 0) is 4.79 Å². The highest BCUT2D eigenvalue weighted by Gasteiger charge is 2.28. The van der Waals surface area contributed by atoms with E-state index >= 15 is 0 Å². The van der Waals surface area contributed by atoms with Crippen LogP contribution in [0.5, 0.6) is 0 Å². The number of nitrogens with zero attached hydrogens (tertiary/aromatic N) is 2. The molecular weight excluding hydrogens is 321 g/mol. The molecule has 1 aliphatic carbocycles. The summed E-state index contributed by atoms with van der Waals surface area (Å²) in [6, 6.07) is 0. The Bertz CT molecular complexity index is 333. The normalized spacial score (nSPS) is 25.5. The lowest BCUT2D eigenvalue weighted by Crippen LogP contribution is -2.39. The summed E-state index contributed by atoms with van der Waals surface area (Å²) in [6.07, 6.45) is 8.02. The molecule has 0 aromatic rings. The van der Waals surface area contributed by atoms with Gasteiger partial charge in [0.25, 0.3) is 0 Å². The highest BCUT2D eigenvalue weighted by Crippen LogP contribution is 2.27. The molecule has 6 heteroatoms. The van der Waals surface area contributed by atoms with Crippen molar-refractivity contribution in [3.05, 3.63) is 0 Å². The summed E-state index contributed by atoms with van der Waals surface area (Å²) in [5.74, 6) is 1.88. The lowest BCUT2D eigenvalue weighted by atomic mass is 10.1. The van der Waals surface area contributed by atoms with Crippen molar-refractivity contribution in [2.75, 3.05) is 45.8 Å². The van der Waals surface area contributed by atoms with Crippen molar-refractivity contribution >= 4 is 30.7 Å². The SMILES string of the molecule is Cl.Cl.O=C(CNCC1CC1)N1CCC(CN2CCCCC2)C1. The predicted molar refractivity (Wildman–Crippen MR) is 95.1 cm³/mol. The van der Waals surface area contributed by atoms with Gasteiger partial charge in [-0.15, -0.1) is 24.8 Å². The highest BCUT2D eigenvalue weighted by molar-refractivity contribution is 5.85. The molecule has 1 unspecified atom stereocenters. The number of hydrogen-bond acceptors (Lipinski definition) is 3. The number of carbonyl (C=O) groups excluding carboxylic acids is 1. The van der Waals surface area contributed by atoms with Crippen LogP contribution < -0.4 is 5.32 Å². The number of halogens is 2. The average Bonchev–Trinajstić information content (AvgIpc) is 3.17. The molecule has 4 nitrogen and oxygen atoms in total. The maximum Gasteiger partial charge on any atom is 0.236 e. The molecule has 0 aromatic heterocycles. The third kappa shape index (κ3) is 6.23. The lowest BCUT2D eigenvalue weighted by Gasteiger charge is -2.29. The second kappa shape index (κ2) is 9.96. The Kier molecular flexibility index (Phi) is 9.07. The van der Waals surface area contributed by atoms with E-state index in [4.69, 9.17) is 0 Å². The van der Waals surface area contributed by atoms with Crippen LogP contribution in [0.25, 0.3) is 0 Å². The van der Waals surface area contributed by atoms with Crippen LogP contribution in [0.15, 0.2) is 0 Å². The quantitative estimate of drug-likeness (QED) is 0.796. The Morgan fingerprint density at radius 3 is 2.36 bits per heavy atom. The van der Waals surface area contributed by atoms with Crippen molar-refractivity contribution in [2.45, 2.75) is 38.5 Å². The van der Waals surface area contributed by atoms with E-state index in [1.54, 1.807) is 0 Å². The number of piperidine rings is 1. The molecule has 1 atom stereocenters. The maximum absolute atomic E-state index is 12.1. The first-order valence-corrected chi connectivity index (χ1v) is 8.52. The van der Waals surface area contributed by atoms with Crippen LogP contribution >= 0.6 is 24.8 Å². The van der Waals surface area contributed by atoms with Crippen LogP contribution in [-0.4, -0.2) is 61.5 Å². The fourth-order valence-electron chi connectivity index (χ4n) is 3.53. The second-order valence-electron chi connectivity index (χ2n) is 6.93. The van der Waals surface area contributed by atoms with E-state index in [1.807, 2.05) is 0 Å². The molecule has 3 rings (SSSR count). The molecule has 1 amide bonds. The van der Waals surface area contributed by atoms with E-state index in [9.17, 15) is 4.79 Å². The van der Waals surface area contributed by atoms with Crippen LogP contribution in [0.4, 0.5) is 0 Å². The van der Waals surface area contributed by atoms with Crippen molar-refractivity contribution in [3.8, 4) is 0 Å². The summed E-state index contributed by atoms with van der Waals surface area (Å²) in [6.45, 7) is 7.30. The van der Waals surface area contributed by atoms with E-state index in [1.165, 1.54) is 58.2 Å². The van der Waals surface area contributed by atoms with Gasteiger partial charge in [0.15, 0.2) is 0 Å². The minimum Gasteiger partial charge on any atom is -0.341 e. The van der Waals surface area contributed by atoms with Gasteiger partial charge in [-0.25, -0.2) is 0 Å². The molecule has 0 radical (unpaired) electrons. The minimum absolute atomic E-state index is 0. The van der Waals surface area contributed by atoms with Gasteiger partial charge in [0.2, 0.25) is 5.91 Å². The molecule has 0 spiro atoms. The second-order valence-corrected chi connectivity index (χ2v) is 6.93. The molecule has 0 aromatic carbocycles. The van der Waals surface area contributed by atoms with Crippen molar-refractivity contribution in [2.24, 2.45) is 11.8 Å². The smallest absolute Gasteiger partial charge is 0.236 e. The molecule has 1 saturated carbocycles. The van der Waals surface area contributed by atoms with E-state index < -0.39 is 0 Å². The third-order valence-electron chi connectivity index (χ3n) is 5.01. The van der Waals surface area contributed by atoms with E-state index in [-0.39, 0.29) is 24.8 Å². The Morgan fingerprint density at radius 1 is 0.955 bits per heavy atom. The van der Waals surface area contributed by atoms with Gasteiger partial charge in [-0.1, -0.05) is 6.42 Å². The zero-order valence-electron chi connectivity index (χ0n) is 13.5. The first-order valence-electron chi connectivity index (χ1n) is 8.52. The van der Waals surface area contributed by atoms with Crippen LogP contribution in [0.3, 0.4) is 0 Å². The van der Waals surface area contributed by atoms with Gasteiger partial charge in [-0.2, -0.15) is 0 Å². The number of carbonyl (C=O) groups is 1. The molecule has 3 fully saturated rings. The van der Waals surface area contributed by atoms with E-state index in [0.717, 1.165) is 25.6 Å². The van der Waals surface area contributed by atoms with Gasteiger partial charge >= 0.3 is 0 Å². The van der Waals surface area contributed by atoms with Crippen molar-refractivity contribution in [1.29, 1.82) is 0 Å². The fraction of sp³-hybridized carbons (Fsp3) is 0.938. The standard InChI is InChI=1S/C16H29N3O.2ClH/c20-16(11-17-10-14-4-5-14)19-9-6-15(13-19)12-18-7-2-1-3-8-18;;/h14-15,17H,1-13H2;2*1H. The van der Waals surface area contributed by atoms with Gasteiger partial charge in [-0.05, 0) is 63.6 Å². The van der Waals surface area contributed by atoms with E-state index in [2.05, 4.69) is 15.1 Å². The third-order valence-corrected chi connectivity index (χ3v) is 5.01. The van der Waals surface area contributed by atoms with Crippen LogP contribution in [0.2, 0.25) is 0 Å². The van der Waals surface area contributed by atoms with Crippen molar-refractivity contribution in [1.82, 2.24) is 15.1 Å². The Hall–Kier alpha value is -0.0300. The zero-order valence-corrected chi connectivity index (χ0v) is 15.1. The summed E-state index contributed by atoms with van der Waals surface area (Å²) in [7, 11) is 0. The van der Waals surface area contributed by atoms with Crippen molar-refractivity contribution < 1.29 is 4.79 Å². The van der Waals surface area contributed by atoms with Gasteiger partial charge in [0.05, 0.1) is 6.54 Å². The van der Waals surface area contributed by atoms with Gasteiger partial charge in [0, 0.05) is 19.6 Å². The van der Waals surface area contributed by atoms with Crippen LogP contribution in [0.1, 0.15) is 38.5 Å². The molecule has 2 heterocycles. The van der Waals surface area contributed by atoms with E-state index in [0.29, 0.717) is 18.4 Å². The maximum atomic E-state index is 12.1. The Morgan fingerprint density at radius 2 is 1.68 bits per heavy atom. The number of likely N-dealkylation sites (tertiary alicyclic amines) is 2. The molecule has 1 N–H and O–H groups in total. The monoisotopic (exact) mass is 351 g/mol. The Labute approximate surface area is 147 Å². The summed E-state index contributed by atoms with van der Waals surface area (Å²) < 4.78 is 0. The number of rotatable bonds is 6. The van der Waals surface area contributed by atoms with Gasteiger partial charge < -0.3 is 15.1 Å². The molecule has 130 valence electrons. The number of nitrogens with one attached hydrogen (secondary N) is 1. The van der Waals surface area contributed by atoms with Gasteiger partial charge in [0.1, 0.15) is 0 Å². The summed E-state index contributed by atoms with van der Waals surface area (Å²) in [4.78, 5) is 16.8. The average molecular weight is 352 g/mol. The van der Waals surface area contributed by atoms with Crippen molar-refractivity contribution in [3.63, 3.8) is 0 Å². The zero-order chi connectivity index (χ0) is 13.8. The Balaban J connectivity index is 0.00000121. The van der Waals surface area contributed by atoms with Gasteiger partial charge in [-0.3, -0.25) is 4.79 Å². The number of amides is 1. The first kappa shape index (κ1) is 20.0. The number of hydrogen-bond donors (Lipinski definition) is 1. The van der Waals surface area contributed by atoms with Crippen LogP contribution in [0, 0.1) is 11.8 Å². The largest absolute Gasteiger partial charge is 0.341 e. The molecule has 0 bridgehead atoms. The lowest BCUT2D eigenvalue weighted by molar-refractivity contribution is -0.129. The molecule has 3 aliphatic rings. The molecule has 2 saturated heterocycles. The molecule has 2 aliphatic heterocycles. The summed E-state index contributed by atoms with van der Waals surface area (Å²) >= 11 is 0. The summed E-state index contributed by atoms with van der Waals surface area (Å²) in [5, 5.41) is 3.32.